The van der Waals surface area contributed by atoms with Gasteiger partial charge in [0.1, 0.15) is 11.2 Å². The van der Waals surface area contributed by atoms with E-state index in [1.54, 1.807) is 17.7 Å². The third-order valence-electron chi connectivity index (χ3n) is 2.72. The summed E-state index contributed by atoms with van der Waals surface area (Å²) in [5, 5.41) is 1.89. The van der Waals surface area contributed by atoms with Crippen molar-refractivity contribution >= 4 is 34.2 Å². The normalized spacial score (nSPS) is 15.7. The van der Waals surface area contributed by atoms with Crippen molar-refractivity contribution in [2.75, 3.05) is 0 Å². The van der Waals surface area contributed by atoms with Crippen molar-refractivity contribution in [1.29, 1.82) is 0 Å². The van der Waals surface area contributed by atoms with Gasteiger partial charge in [-0.05, 0) is 31.2 Å². The minimum absolute atomic E-state index is 0.731. The highest BCUT2D eigenvalue weighted by molar-refractivity contribution is 7.59. The highest BCUT2D eigenvalue weighted by Crippen LogP contribution is 2.36. The van der Waals surface area contributed by atoms with Gasteiger partial charge in [-0.25, -0.2) is 4.98 Å². The molecule has 1 aliphatic rings. The molecular formula is C10H9N2S2-. The molecule has 0 aliphatic heterocycles. The Hall–Kier alpha value is -0.740. The van der Waals surface area contributed by atoms with Crippen LogP contribution >= 0.6 is 11.3 Å². The van der Waals surface area contributed by atoms with E-state index in [1.807, 2.05) is 0 Å². The zero-order chi connectivity index (χ0) is 9.54. The smallest absolute Gasteiger partial charge is 0.125 e. The van der Waals surface area contributed by atoms with Crippen molar-refractivity contribution in [2.24, 2.45) is 0 Å². The lowest BCUT2D eigenvalue weighted by Gasteiger charge is -2.12. The second-order valence-electron chi connectivity index (χ2n) is 3.57. The second kappa shape index (κ2) is 3.14. The van der Waals surface area contributed by atoms with Crippen LogP contribution in [0.2, 0.25) is 0 Å². The third-order valence-corrected chi connectivity index (χ3v) is 4.23. The second-order valence-corrected chi connectivity index (χ2v) is 5.04. The first-order chi connectivity index (χ1) is 6.86. The Morgan fingerprint density at radius 2 is 2.07 bits per heavy atom. The minimum atomic E-state index is 0.731. The summed E-state index contributed by atoms with van der Waals surface area (Å²) in [4.78, 5) is 11.0. The predicted octanol–water partition coefficient (Wildman–Crippen LogP) is 2.48. The van der Waals surface area contributed by atoms with E-state index in [4.69, 9.17) is 12.6 Å². The van der Waals surface area contributed by atoms with Gasteiger partial charge in [0.2, 0.25) is 0 Å². The predicted molar refractivity (Wildman–Crippen MR) is 59.7 cm³/mol. The van der Waals surface area contributed by atoms with Gasteiger partial charge in [-0.1, -0.05) is 5.03 Å². The van der Waals surface area contributed by atoms with Gasteiger partial charge >= 0.3 is 0 Å². The lowest BCUT2D eigenvalue weighted by molar-refractivity contribution is 0.699. The standard InChI is InChI=1S/C10H10N2S2/c13-9-8-6-3-1-2-4-7(6)14-10(8)12-5-11-9/h5H,1-4H2,(H,11,12,13)/p-1. The highest BCUT2D eigenvalue weighted by Gasteiger charge is 2.16. The highest BCUT2D eigenvalue weighted by atomic mass is 32.1. The number of hydrogen-bond donors (Lipinski definition) is 0. The summed E-state index contributed by atoms with van der Waals surface area (Å²) in [6.07, 6.45) is 6.52. The van der Waals surface area contributed by atoms with Gasteiger partial charge in [0.05, 0.1) is 0 Å². The van der Waals surface area contributed by atoms with Crippen LogP contribution in [-0.4, -0.2) is 9.97 Å². The molecule has 0 fully saturated rings. The summed E-state index contributed by atoms with van der Waals surface area (Å²) in [7, 11) is 0. The van der Waals surface area contributed by atoms with E-state index in [0.29, 0.717) is 0 Å². The van der Waals surface area contributed by atoms with Crippen LogP contribution in [0.4, 0.5) is 0 Å². The first-order valence-electron chi connectivity index (χ1n) is 4.78. The molecule has 2 aromatic rings. The maximum atomic E-state index is 5.25. The zero-order valence-corrected chi connectivity index (χ0v) is 9.25. The van der Waals surface area contributed by atoms with Crippen LogP contribution in [0, 0.1) is 0 Å². The van der Waals surface area contributed by atoms with E-state index in [-0.39, 0.29) is 0 Å². The number of fused-ring (bicyclic) bond motifs is 3. The van der Waals surface area contributed by atoms with E-state index in [2.05, 4.69) is 9.97 Å². The molecule has 0 N–H and O–H groups in total. The maximum Gasteiger partial charge on any atom is 0.125 e. The Bertz CT molecular complexity index is 490. The van der Waals surface area contributed by atoms with Gasteiger partial charge in [-0.15, -0.1) is 11.3 Å². The molecule has 0 saturated heterocycles. The zero-order valence-electron chi connectivity index (χ0n) is 7.62. The molecule has 72 valence electrons. The van der Waals surface area contributed by atoms with E-state index >= 15 is 0 Å². The topological polar surface area (TPSA) is 25.8 Å². The Kier molecular flexibility index (Phi) is 1.92. The first kappa shape index (κ1) is 8.56. The van der Waals surface area contributed by atoms with E-state index in [1.165, 1.54) is 29.7 Å². The molecule has 0 saturated carbocycles. The van der Waals surface area contributed by atoms with Crippen LogP contribution in [-0.2, 0) is 25.5 Å². The number of nitrogens with zero attached hydrogens (tertiary/aromatic N) is 2. The molecule has 0 aromatic carbocycles. The molecule has 2 heterocycles. The average molecular weight is 221 g/mol. The number of rotatable bonds is 0. The molecule has 0 atom stereocenters. The van der Waals surface area contributed by atoms with Crippen LogP contribution < -0.4 is 0 Å². The van der Waals surface area contributed by atoms with Crippen LogP contribution in [0.1, 0.15) is 23.3 Å². The molecule has 0 unspecified atom stereocenters. The molecule has 0 amide bonds. The number of hydrogen-bond acceptors (Lipinski definition) is 4. The fraction of sp³-hybridized carbons (Fsp3) is 0.400. The summed E-state index contributed by atoms with van der Waals surface area (Å²) in [6, 6.07) is 0. The summed E-state index contributed by atoms with van der Waals surface area (Å²) in [6.45, 7) is 0. The molecule has 14 heavy (non-hydrogen) atoms. The summed E-state index contributed by atoms with van der Waals surface area (Å²) in [5.74, 6) is 0. The van der Waals surface area contributed by atoms with Crippen molar-refractivity contribution < 1.29 is 0 Å². The molecule has 2 aromatic heterocycles. The van der Waals surface area contributed by atoms with Gasteiger partial charge in [-0.3, -0.25) is 4.98 Å². The lowest BCUT2D eigenvalue weighted by atomic mass is 9.97. The Balaban J connectivity index is 2.38. The Labute approximate surface area is 91.8 Å². The Morgan fingerprint density at radius 3 is 3.00 bits per heavy atom. The third kappa shape index (κ3) is 1.14. The Morgan fingerprint density at radius 1 is 1.21 bits per heavy atom. The monoisotopic (exact) mass is 221 g/mol. The number of aryl methyl sites for hydroxylation is 2. The molecule has 2 nitrogen and oxygen atoms in total. The van der Waals surface area contributed by atoms with Crippen LogP contribution in [0.3, 0.4) is 0 Å². The van der Waals surface area contributed by atoms with Gasteiger partial charge in [0.25, 0.3) is 0 Å². The van der Waals surface area contributed by atoms with Gasteiger partial charge in [0.15, 0.2) is 0 Å². The van der Waals surface area contributed by atoms with Gasteiger partial charge in [0, 0.05) is 10.3 Å². The maximum absolute atomic E-state index is 5.25. The first-order valence-corrected chi connectivity index (χ1v) is 6.01. The van der Waals surface area contributed by atoms with Gasteiger partial charge < -0.3 is 12.6 Å². The number of aromatic nitrogens is 2. The summed E-state index contributed by atoms with van der Waals surface area (Å²) < 4.78 is 0. The van der Waals surface area contributed by atoms with E-state index in [9.17, 15) is 0 Å². The fourth-order valence-electron chi connectivity index (χ4n) is 2.06. The van der Waals surface area contributed by atoms with E-state index < -0.39 is 0 Å². The average Bonchev–Trinajstić information content (AvgIpc) is 2.57. The van der Waals surface area contributed by atoms with Crippen molar-refractivity contribution in [3.8, 4) is 0 Å². The molecule has 0 radical (unpaired) electrons. The lowest BCUT2D eigenvalue weighted by Crippen LogP contribution is -1.98. The van der Waals surface area contributed by atoms with Crippen molar-refractivity contribution in [3.63, 3.8) is 0 Å². The molecule has 1 aliphatic carbocycles. The fourth-order valence-corrected chi connectivity index (χ4v) is 3.62. The molecule has 4 heteroatoms. The van der Waals surface area contributed by atoms with Crippen LogP contribution in [0.25, 0.3) is 10.2 Å². The van der Waals surface area contributed by atoms with Crippen molar-refractivity contribution in [3.05, 3.63) is 16.8 Å². The van der Waals surface area contributed by atoms with Crippen molar-refractivity contribution in [2.45, 2.75) is 30.7 Å². The summed E-state index contributed by atoms with van der Waals surface area (Å²) >= 11 is 7.04. The van der Waals surface area contributed by atoms with Gasteiger partial charge in [-0.2, -0.15) is 0 Å². The molecule has 0 spiro atoms. The summed E-state index contributed by atoms with van der Waals surface area (Å²) in [5.41, 5.74) is 1.43. The molecule has 0 bridgehead atoms. The minimum Gasteiger partial charge on any atom is -0.759 e. The quantitative estimate of drug-likeness (QED) is 0.505. The van der Waals surface area contributed by atoms with Crippen LogP contribution in [0.15, 0.2) is 11.4 Å². The number of thiophene rings is 1. The molecule has 3 rings (SSSR count). The SMILES string of the molecule is [S-]c1ncnc2sc3c(c12)CCCC3. The largest absolute Gasteiger partial charge is 0.759 e. The molecular weight excluding hydrogens is 212 g/mol. The van der Waals surface area contributed by atoms with Crippen LogP contribution in [0.5, 0.6) is 0 Å². The van der Waals surface area contributed by atoms with Crippen molar-refractivity contribution in [1.82, 2.24) is 9.97 Å². The van der Waals surface area contributed by atoms with E-state index in [0.717, 1.165) is 21.7 Å².